The fourth-order valence-electron chi connectivity index (χ4n) is 4.74. The molecule has 0 spiro atoms. The minimum Gasteiger partial charge on any atom is -0.340 e. The third kappa shape index (κ3) is 3.83. The average Bonchev–Trinajstić information content (AvgIpc) is 3.14. The van der Waals surface area contributed by atoms with Crippen LogP contribution in [0.3, 0.4) is 0 Å². The van der Waals surface area contributed by atoms with Gasteiger partial charge in [0.05, 0.1) is 0 Å². The molecule has 0 radical (unpaired) electrons. The summed E-state index contributed by atoms with van der Waals surface area (Å²) in [6.07, 6.45) is 7.28. The van der Waals surface area contributed by atoms with Crippen LogP contribution in [0.2, 0.25) is 0 Å². The van der Waals surface area contributed by atoms with Gasteiger partial charge in [0.1, 0.15) is 0 Å². The minimum atomic E-state index is 0.234. The van der Waals surface area contributed by atoms with Crippen LogP contribution >= 0.6 is 0 Å². The van der Waals surface area contributed by atoms with Gasteiger partial charge in [0.2, 0.25) is 5.91 Å². The molecular weight excluding hydrogens is 274 g/mol. The maximum absolute atomic E-state index is 11.5. The van der Waals surface area contributed by atoms with E-state index in [0.717, 1.165) is 38.0 Å². The van der Waals surface area contributed by atoms with E-state index in [1.807, 2.05) is 4.90 Å². The molecule has 22 heavy (non-hydrogen) atoms. The van der Waals surface area contributed by atoms with Gasteiger partial charge in [-0.15, -0.1) is 0 Å². The van der Waals surface area contributed by atoms with Crippen molar-refractivity contribution in [1.82, 2.24) is 14.7 Å². The lowest BCUT2D eigenvalue weighted by Crippen LogP contribution is -2.53. The van der Waals surface area contributed by atoms with Crippen LogP contribution in [0, 0.1) is 11.8 Å². The third-order valence-corrected chi connectivity index (χ3v) is 6.21. The topological polar surface area (TPSA) is 26.8 Å². The van der Waals surface area contributed by atoms with Crippen LogP contribution in [0.25, 0.3) is 0 Å². The molecule has 1 saturated carbocycles. The number of amides is 1. The van der Waals surface area contributed by atoms with Crippen molar-refractivity contribution in [3.05, 3.63) is 0 Å². The van der Waals surface area contributed by atoms with Crippen LogP contribution in [0.1, 0.15) is 46.0 Å². The molecule has 2 saturated heterocycles. The van der Waals surface area contributed by atoms with Gasteiger partial charge in [-0.05, 0) is 24.8 Å². The van der Waals surface area contributed by atoms with Crippen LogP contribution in [0.15, 0.2) is 0 Å². The molecule has 2 aliphatic heterocycles. The molecule has 2 atom stereocenters. The van der Waals surface area contributed by atoms with Gasteiger partial charge in [0.15, 0.2) is 0 Å². The summed E-state index contributed by atoms with van der Waals surface area (Å²) in [6.45, 7) is 11.9. The summed E-state index contributed by atoms with van der Waals surface area (Å²) in [5.74, 6) is 2.01. The highest BCUT2D eigenvalue weighted by Crippen LogP contribution is 2.29. The quantitative estimate of drug-likeness (QED) is 0.795. The molecule has 4 nitrogen and oxygen atoms in total. The van der Waals surface area contributed by atoms with E-state index in [1.165, 1.54) is 51.7 Å². The molecular formula is C18H33N3O. The van der Waals surface area contributed by atoms with Gasteiger partial charge in [-0.2, -0.15) is 0 Å². The zero-order valence-corrected chi connectivity index (χ0v) is 14.5. The van der Waals surface area contributed by atoms with Crippen molar-refractivity contribution in [2.45, 2.75) is 52.0 Å². The highest BCUT2D eigenvalue weighted by molar-refractivity contribution is 5.73. The van der Waals surface area contributed by atoms with Crippen LogP contribution in [0.5, 0.6) is 0 Å². The second-order valence-electron chi connectivity index (χ2n) is 7.79. The second-order valence-corrected chi connectivity index (χ2v) is 7.79. The van der Waals surface area contributed by atoms with E-state index in [1.54, 1.807) is 6.92 Å². The number of carbonyl (C=O) groups excluding carboxylic acids is 1. The van der Waals surface area contributed by atoms with Gasteiger partial charge in [-0.1, -0.05) is 32.6 Å². The molecule has 0 N–H and O–H groups in total. The summed E-state index contributed by atoms with van der Waals surface area (Å²) >= 11 is 0. The fraction of sp³-hybridized carbons (Fsp3) is 0.944. The highest BCUT2D eigenvalue weighted by Gasteiger charge is 2.35. The fourth-order valence-corrected chi connectivity index (χ4v) is 4.74. The molecule has 0 bridgehead atoms. The number of piperazine rings is 1. The van der Waals surface area contributed by atoms with Crippen molar-refractivity contribution in [3.8, 4) is 0 Å². The van der Waals surface area contributed by atoms with Gasteiger partial charge in [0.25, 0.3) is 0 Å². The number of hydrogen-bond acceptors (Lipinski definition) is 3. The van der Waals surface area contributed by atoms with Gasteiger partial charge >= 0.3 is 0 Å². The van der Waals surface area contributed by atoms with Gasteiger partial charge in [-0.3, -0.25) is 9.69 Å². The summed E-state index contributed by atoms with van der Waals surface area (Å²) in [5.41, 5.74) is 0. The molecule has 0 unspecified atom stereocenters. The second kappa shape index (κ2) is 7.31. The lowest BCUT2D eigenvalue weighted by Gasteiger charge is -2.39. The normalized spacial score (nSPS) is 32.0. The largest absolute Gasteiger partial charge is 0.340 e. The molecule has 1 aliphatic carbocycles. The first-order chi connectivity index (χ1) is 10.6. The van der Waals surface area contributed by atoms with Crippen LogP contribution in [-0.4, -0.2) is 72.5 Å². The summed E-state index contributed by atoms with van der Waals surface area (Å²) in [5, 5.41) is 0. The first-order valence-electron chi connectivity index (χ1n) is 9.35. The molecule has 126 valence electrons. The van der Waals surface area contributed by atoms with Gasteiger partial charge in [0, 0.05) is 52.2 Å². The predicted octanol–water partition coefficient (Wildman–Crippen LogP) is 2.05. The van der Waals surface area contributed by atoms with Crippen molar-refractivity contribution in [1.29, 1.82) is 0 Å². The zero-order valence-electron chi connectivity index (χ0n) is 14.5. The van der Waals surface area contributed by atoms with Crippen molar-refractivity contribution in [2.75, 3.05) is 45.8 Å². The number of likely N-dealkylation sites (tertiary alicyclic amines) is 1. The third-order valence-electron chi connectivity index (χ3n) is 6.21. The van der Waals surface area contributed by atoms with Crippen molar-refractivity contribution >= 4 is 5.91 Å². The Hall–Kier alpha value is -0.610. The highest BCUT2D eigenvalue weighted by atomic mass is 16.2. The molecule has 0 aromatic rings. The Morgan fingerprint density at radius 2 is 1.73 bits per heavy atom. The van der Waals surface area contributed by atoms with Crippen LogP contribution in [0.4, 0.5) is 0 Å². The van der Waals surface area contributed by atoms with Gasteiger partial charge in [-0.25, -0.2) is 0 Å². The van der Waals surface area contributed by atoms with Gasteiger partial charge < -0.3 is 9.80 Å². The van der Waals surface area contributed by atoms with Crippen molar-refractivity contribution in [2.24, 2.45) is 11.8 Å². The first kappa shape index (κ1) is 16.3. The lowest BCUT2D eigenvalue weighted by molar-refractivity contribution is -0.130. The maximum atomic E-state index is 11.5. The van der Waals surface area contributed by atoms with E-state index in [2.05, 4.69) is 16.7 Å². The summed E-state index contributed by atoms with van der Waals surface area (Å²) in [4.78, 5) is 18.8. The molecule has 0 aromatic carbocycles. The van der Waals surface area contributed by atoms with E-state index in [0.29, 0.717) is 6.04 Å². The Kier molecular flexibility index (Phi) is 5.40. The summed E-state index contributed by atoms with van der Waals surface area (Å²) in [7, 11) is 0. The Morgan fingerprint density at radius 3 is 2.36 bits per heavy atom. The maximum Gasteiger partial charge on any atom is 0.219 e. The summed E-state index contributed by atoms with van der Waals surface area (Å²) in [6, 6.07) is 0.706. The molecule has 2 heterocycles. The van der Waals surface area contributed by atoms with E-state index in [-0.39, 0.29) is 5.91 Å². The van der Waals surface area contributed by atoms with E-state index in [4.69, 9.17) is 0 Å². The van der Waals surface area contributed by atoms with Crippen molar-refractivity contribution < 1.29 is 4.79 Å². The van der Waals surface area contributed by atoms with Crippen LogP contribution in [-0.2, 0) is 4.79 Å². The first-order valence-corrected chi connectivity index (χ1v) is 9.35. The van der Waals surface area contributed by atoms with E-state index in [9.17, 15) is 4.79 Å². The standard InChI is InChI=1S/C18H33N3O/c1-15-13-19(8-7-17-5-3-4-6-17)14-18(15)21-11-9-20(10-12-21)16(2)22/h15,17-18H,3-14H2,1-2H3/t15-,18-/m0/s1. The average molecular weight is 307 g/mol. The number of hydrogen-bond donors (Lipinski definition) is 0. The van der Waals surface area contributed by atoms with Crippen LogP contribution < -0.4 is 0 Å². The molecule has 3 aliphatic rings. The molecule has 3 fully saturated rings. The monoisotopic (exact) mass is 307 g/mol. The Bertz CT molecular complexity index is 373. The molecule has 3 rings (SSSR count). The molecule has 4 heteroatoms. The number of rotatable bonds is 4. The SMILES string of the molecule is CC(=O)N1CCN([C@H]2CN(CCC3CCCC3)C[C@@H]2C)CC1. The Morgan fingerprint density at radius 1 is 1.05 bits per heavy atom. The zero-order chi connectivity index (χ0) is 15.5. The summed E-state index contributed by atoms with van der Waals surface area (Å²) < 4.78 is 0. The lowest BCUT2D eigenvalue weighted by atomic mass is 10.0. The predicted molar refractivity (Wildman–Crippen MR) is 89.8 cm³/mol. The Balaban J connectivity index is 1.43. The number of carbonyl (C=O) groups is 1. The van der Waals surface area contributed by atoms with E-state index < -0.39 is 0 Å². The van der Waals surface area contributed by atoms with E-state index >= 15 is 0 Å². The molecule has 1 amide bonds. The minimum absolute atomic E-state index is 0.234. The smallest absolute Gasteiger partial charge is 0.219 e. The Labute approximate surface area is 135 Å². The number of nitrogens with zero attached hydrogens (tertiary/aromatic N) is 3. The molecule has 0 aromatic heterocycles. The van der Waals surface area contributed by atoms with Crippen molar-refractivity contribution in [3.63, 3.8) is 0 Å².